The van der Waals surface area contributed by atoms with Crippen LogP contribution in [0.3, 0.4) is 0 Å². The maximum absolute atomic E-state index is 12.5. The molecule has 102 valence electrons. The van der Waals surface area contributed by atoms with Gasteiger partial charge in [0, 0.05) is 12.6 Å². The number of pyridine rings is 1. The second-order valence-electron chi connectivity index (χ2n) is 4.13. The highest BCUT2D eigenvalue weighted by molar-refractivity contribution is 5.37. The van der Waals surface area contributed by atoms with Gasteiger partial charge < -0.3 is 11.1 Å². The van der Waals surface area contributed by atoms with Gasteiger partial charge in [0.2, 0.25) is 0 Å². The molecule has 18 heavy (non-hydrogen) atoms. The third kappa shape index (κ3) is 4.52. The lowest BCUT2D eigenvalue weighted by Crippen LogP contribution is -2.29. The Morgan fingerprint density at radius 2 is 2.11 bits per heavy atom. The third-order valence-corrected chi connectivity index (χ3v) is 2.58. The maximum atomic E-state index is 12.5. The normalized spacial score (nSPS) is 13.4. The van der Waals surface area contributed by atoms with Gasteiger partial charge >= 0.3 is 6.18 Å². The smallest absolute Gasteiger partial charge is 0.366 e. The van der Waals surface area contributed by atoms with Crippen molar-refractivity contribution < 1.29 is 13.2 Å². The number of aromatic nitrogens is 1. The number of rotatable bonds is 6. The summed E-state index contributed by atoms with van der Waals surface area (Å²) >= 11 is 0. The first-order valence-corrected chi connectivity index (χ1v) is 5.98. The molecule has 3 N–H and O–H groups in total. The Hall–Kier alpha value is -1.30. The molecule has 0 aliphatic heterocycles. The highest BCUT2D eigenvalue weighted by atomic mass is 19.4. The van der Waals surface area contributed by atoms with E-state index in [1.807, 2.05) is 0 Å². The van der Waals surface area contributed by atoms with Gasteiger partial charge in [-0.2, -0.15) is 13.2 Å². The molecule has 1 heterocycles. The summed E-state index contributed by atoms with van der Waals surface area (Å²) in [6, 6.07) is 3.77. The topological polar surface area (TPSA) is 50.9 Å². The van der Waals surface area contributed by atoms with Crippen molar-refractivity contribution >= 4 is 5.82 Å². The molecule has 0 radical (unpaired) electrons. The van der Waals surface area contributed by atoms with Crippen LogP contribution in [0.25, 0.3) is 0 Å². The van der Waals surface area contributed by atoms with Gasteiger partial charge in [-0.3, -0.25) is 0 Å². The third-order valence-electron chi connectivity index (χ3n) is 2.58. The van der Waals surface area contributed by atoms with Crippen molar-refractivity contribution in [3.05, 3.63) is 23.9 Å². The van der Waals surface area contributed by atoms with Crippen LogP contribution in [0, 0.1) is 0 Å². The van der Waals surface area contributed by atoms with Crippen LogP contribution in [0.4, 0.5) is 19.0 Å². The second kappa shape index (κ2) is 6.58. The molecule has 0 spiro atoms. The standard InChI is InChI=1S/C12H18F3N3/c1-2-3-5-9(8-16)17-11-7-4-6-10(18-11)12(13,14)15/h4,6-7,9H,2-3,5,8,16H2,1H3,(H,17,18). The minimum atomic E-state index is -4.42. The van der Waals surface area contributed by atoms with E-state index in [1.165, 1.54) is 12.1 Å². The first-order valence-electron chi connectivity index (χ1n) is 5.98. The molecule has 1 aromatic heterocycles. The van der Waals surface area contributed by atoms with Gasteiger partial charge in [-0.05, 0) is 18.6 Å². The number of anilines is 1. The van der Waals surface area contributed by atoms with Gasteiger partial charge in [0.25, 0.3) is 0 Å². The minimum Gasteiger partial charge on any atom is -0.366 e. The van der Waals surface area contributed by atoms with Crippen molar-refractivity contribution in [2.45, 2.75) is 38.4 Å². The van der Waals surface area contributed by atoms with Gasteiger partial charge in [0.15, 0.2) is 0 Å². The van der Waals surface area contributed by atoms with Crippen molar-refractivity contribution in [3.8, 4) is 0 Å². The molecule has 1 atom stereocenters. The van der Waals surface area contributed by atoms with Gasteiger partial charge in [0.1, 0.15) is 11.5 Å². The Balaban J connectivity index is 2.71. The Labute approximate surface area is 105 Å². The molecule has 1 unspecified atom stereocenters. The summed E-state index contributed by atoms with van der Waals surface area (Å²) < 4.78 is 37.4. The number of nitrogens with one attached hydrogen (secondary N) is 1. The molecule has 0 saturated heterocycles. The Morgan fingerprint density at radius 1 is 1.39 bits per heavy atom. The van der Waals surface area contributed by atoms with E-state index in [0.29, 0.717) is 6.54 Å². The summed E-state index contributed by atoms with van der Waals surface area (Å²) in [5.41, 5.74) is 4.68. The molecule has 0 aliphatic carbocycles. The van der Waals surface area contributed by atoms with Crippen LogP contribution in [0.2, 0.25) is 0 Å². The highest BCUT2D eigenvalue weighted by Gasteiger charge is 2.32. The van der Waals surface area contributed by atoms with E-state index in [4.69, 9.17) is 5.73 Å². The zero-order valence-electron chi connectivity index (χ0n) is 10.3. The lowest BCUT2D eigenvalue weighted by molar-refractivity contribution is -0.141. The van der Waals surface area contributed by atoms with Crippen LogP contribution < -0.4 is 11.1 Å². The van der Waals surface area contributed by atoms with Crippen LogP contribution in [0.15, 0.2) is 18.2 Å². The molecule has 0 amide bonds. The monoisotopic (exact) mass is 261 g/mol. The molecular weight excluding hydrogens is 243 g/mol. The van der Waals surface area contributed by atoms with E-state index < -0.39 is 11.9 Å². The van der Waals surface area contributed by atoms with Crippen molar-refractivity contribution in [3.63, 3.8) is 0 Å². The second-order valence-corrected chi connectivity index (χ2v) is 4.13. The molecular formula is C12H18F3N3. The van der Waals surface area contributed by atoms with Crippen LogP contribution >= 0.6 is 0 Å². The van der Waals surface area contributed by atoms with Crippen molar-refractivity contribution in [2.75, 3.05) is 11.9 Å². The molecule has 3 nitrogen and oxygen atoms in total. The van der Waals surface area contributed by atoms with E-state index >= 15 is 0 Å². The maximum Gasteiger partial charge on any atom is 0.433 e. The number of halogens is 3. The Morgan fingerprint density at radius 3 is 2.67 bits per heavy atom. The number of nitrogens with two attached hydrogens (primary N) is 1. The SMILES string of the molecule is CCCCC(CN)Nc1cccc(C(F)(F)F)n1. The van der Waals surface area contributed by atoms with Crippen molar-refractivity contribution in [1.29, 1.82) is 0 Å². The molecule has 0 bridgehead atoms. The van der Waals surface area contributed by atoms with Crippen LogP contribution in [0.5, 0.6) is 0 Å². The summed E-state index contributed by atoms with van der Waals surface area (Å²) in [6.45, 7) is 2.42. The van der Waals surface area contributed by atoms with Gasteiger partial charge in [-0.1, -0.05) is 25.8 Å². The largest absolute Gasteiger partial charge is 0.433 e. The summed E-state index contributed by atoms with van der Waals surface area (Å²) in [6.07, 6.45) is -1.59. The van der Waals surface area contributed by atoms with Crippen molar-refractivity contribution in [1.82, 2.24) is 4.98 Å². The number of unbranched alkanes of at least 4 members (excludes halogenated alkanes) is 1. The number of hydrogen-bond donors (Lipinski definition) is 2. The summed E-state index contributed by atoms with van der Waals surface area (Å²) in [7, 11) is 0. The molecule has 0 saturated carbocycles. The average molecular weight is 261 g/mol. The zero-order chi connectivity index (χ0) is 13.6. The average Bonchev–Trinajstić information content (AvgIpc) is 2.33. The molecule has 0 aromatic carbocycles. The first-order chi connectivity index (χ1) is 8.47. The predicted molar refractivity (Wildman–Crippen MR) is 65.2 cm³/mol. The minimum absolute atomic E-state index is 0.0408. The van der Waals surface area contributed by atoms with Crippen molar-refractivity contribution in [2.24, 2.45) is 5.73 Å². The summed E-state index contributed by atoms with van der Waals surface area (Å²) in [5.74, 6) is 0.219. The highest BCUT2D eigenvalue weighted by Crippen LogP contribution is 2.28. The molecule has 0 aliphatic rings. The quantitative estimate of drug-likeness (QED) is 0.827. The zero-order valence-corrected chi connectivity index (χ0v) is 10.3. The van der Waals surface area contributed by atoms with E-state index in [2.05, 4.69) is 17.2 Å². The molecule has 6 heteroatoms. The number of hydrogen-bond acceptors (Lipinski definition) is 3. The van der Waals surface area contributed by atoms with E-state index in [9.17, 15) is 13.2 Å². The Bertz CT molecular complexity index is 366. The predicted octanol–water partition coefficient (Wildman–Crippen LogP) is 3.03. The molecule has 1 aromatic rings. The van der Waals surface area contributed by atoms with Gasteiger partial charge in [-0.15, -0.1) is 0 Å². The number of nitrogens with zero attached hydrogens (tertiary/aromatic N) is 1. The Kier molecular flexibility index (Phi) is 5.40. The fraction of sp³-hybridized carbons (Fsp3) is 0.583. The molecule has 1 rings (SSSR count). The summed E-state index contributed by atoms with van der Waals surface area (Å²) in [5, 5.41) is 2.94. The number of alkyl halides is 3. The van der Waals surface area contributed by atoms with Gasteiger partial charge in [0.05, 0.1) is 0 Å². The summed E-state index contributed by atoms with van der Waals surface area (Å²) in [4.78, 5) is 3.55. The lowest BCUT2D eigenvalue weighted by atomic mass is 10.1. The van der Waals surface area contributed by atoms with E-state index in [-0.39, 0.29) is 11.9 Å². The molecule has 0 fully saturated rings. The van der Waals surface area contributed by atoms with E-state index in [1.54, 1.807) is 0 Å². The van der Waals surface area contributed by atoms with Crippen LogP contribution in [-0.2, 0) is 6.18 Å². The van der Waals surface area contributed by atoms with Crippen LogP contribution in [-0.4, -0.2) is 17.6 Å². The lowest BCUT2D eigenvalue weighted by Gasteiger charge is -2.17. The van der Waals surface area contributed by atoms with Gasteiger partial charge in [-0.25, -0.2) is 4.98 Å². The fourth-order valence-electron chi connectivity index (χ4n) is 1.58. The van der Waals surface area contributed by atoms with E-state index in [0.717, 1.165) is 25.3 Å². The first kappa shape index (κ1) is 14.8. The van der Waals surface area contributed by atoms with Crippen LogP contribution in [0.1, 0.15) is 31.9 Å². The fourth-order valence-corrected chi connectivity index (χ4v) is 1.58.